The Hall–Kier alpha value is -0.0800. The molecule has 1 saturated carbocycles. The minimum absolute atomic E-state index is 0.749. The Bertz CT molecular complexity index is 130. The first-order valence-corrected chi connectivity index (χ1v) is 4.76. The molecule has 64 valence electrons. The van der Waals surface area contributed by atoms with E-state index in [9.17, 15) is 0 Å². The molecule has 1 saturated heterocycles. The smallest absolute Gasteiger partial charge is 0.0250 e. The highest BCUT2D eigenvalue weighted by Crippen LogP contribution is 2.31. The number of fused-ring (bicyclic) bond motifs is 1. The zero-order valence-electron chi connectivity index (χ0n) is 7.43. The van der Waals surface area contributed by atoms with Gasteiger partial charge in [-0.2, -0.15) is 0 Å². The second-order valence-electron chi connectivity index (χ2n) is 4.15. The van der Waals surface area contributed by atoms with Gasteiger partial charge in [0.05, 0.1) is 0 Å². The van der Waals surface area contributed by atoms with Crippen molar-refractivity contribution in [3.05, 3.63) is 0 Å². The van der Waals surface area contributed by atoms with Crippen molar-refractivity contribution < 1.29 is 0 Å². The van der Waals surface area contributed by atoms with Crippen molar-refractivity contribution in [3.63, 3.8) is 0 Å². The summed E-state index contributed by atoms with van der Waals surface area (Å²) in [5.74, 6) is 1.73. The Kier molecular flexibility index (Phi) is 1.90. The standard InChI is InChI=1S/C9H18N2/c1-6-5-7(2)9-8(6)10-3-4-11-9/h6-11H,3-5H2,1-2H3. The van der Waals surface area contributed by atoms with Crippen LogP contribution in [-0.4, -0.2) is 25.2 Å². The average molecular weight is 154 g/mol. The Morgan fingerprint density at radius 3 is 1.82 bits per heavy atom. The lowest BCUT2D eigenvalue weighted by Gasteiger charge is -2.32. The molecular weight excluding hydrogens is 136 g/mol. The van der Waals surface area contributed by atoms with Gasteiger partial charge in [-0.3, -0.25) is 0 Å². The van der Waals surface area contributed by atoms with Crippen LogP contribution in [0.15, 0.2) is 0 Å². The summed E-state index contributed by atoms with van der Waals surface area (Å²) in [4.78, 5) is 0. The molecule has 2 N–H and O–H groups in total. The second-order valence-corrected chi connectivity index (χ2v) is 4.15. The summed E-state index contributed by atoms with van der Waals surface area (Å²) in [7, 11) is 0. The third-order valence-corrected chi connectivity index (χ3v) is 3.24. The minimum Gasteiger partial charge on any atom is -0.311 e. The minimum atomic E-state index is 0.749. The van der Waals surface area contributed by atoms with E-state index in [2.05, 4.69) is 24.5 Å². The second kappa shape index (κ2) is 2.76. The lowest BCUT2D eigenvalue weighted by molar-refractivity contribution is 0.298. The molecule has 11 heavy (non-hydrogen) atoms. The SMILES string of the molecule is CC1CC(C)C2NCCNC12. The fraction of sp³-hybridized carbons (Fsp3) is 1.00. The van der Waals surface area contributed by atoms with Crippen LogP contribution in [0.4, 0.5) is 0 Å². The Morgan fingerprint density at radius 1 is 0.909 bits per heavy atom. The summed E-state index contributed by atoms with van der Waals surface area (Å²) in [5.41, 5.74) is 0. The average Bonchev–Trinajstić information content (AvgIpc) is 2.30. The molecule has 2 aliphatic rings. The van der Waals surface area contributed by atoms with Crippen molar-refractivity contribution in [2.75, 3.05) is 13.1 Å². The van der Waals surface area contributed by atoms with E-state index in [0.29, 0.717) is 0 Å². The molecule has 4 atom stereocenters. The van der Waals surface area contributed by atoms with Crippen molar-refractivity contribution in [2.45, 2.75) is 32.4 Å². The van der Waals surface area contributed by atoms with E-state index in [1.165, 1.54) is 6.42 Å². The summed E-state index contributed by atoms with van der Waals surface area (Å²) in [5, 5.41) is 7.20. The van der Waals surface area contributed by atoms with Crippen LogP contribution in [0.1, 0.15) is 20.3 Å². The molecule has 2 rings (SSSR count). The molecule has 0 aromatic carbocycles. The van der Waals surface area contributed by atoms with Gasteiger partial charge in [0, 0.05) is 25.2 Å². The number of hydrogen-bond acceptors (Lipinski definition) is 2. The van der Waals surface area contributed by atoms with Crippen molar-refractivity contribution in [1.29, 1.82) is 0 Å². The number of rotatable bonds is 0. The Labute approximate surface area is 68.7 Å². The first-order valence-electron chi connectivity index (χ1n) is 4.76. The van der Waals surface area contributed by atoms with Crippen LogP contribution in [-0.2, 0) is 0 Å². The van der Waals surface area contributed by atoms with Crippen LogP contribution in [0.25, 0.3) is 0 Å². The van der Waals surface area contributed by atoms with E-state index in [0.717, 1.165) is 37.0 Å². The monoisotopic (exact) mass is 154 g/mol. The van der Waals surface area contributed by atoms with Crippen molar-refractivity contribution in [3.8, 4) is 0 Å². The summed E-state index contributed by atoms with van der Waals surface area (Å²) in [6, 6.07) is 1.50. The van der Waals surface area contributed by atoms with Crippen LogP contribution in [0.3, 0.4) is 0 Å². The van der Waals surface area contributed by atoms with Gasteiger partial charge in [0.2, 0.25) is 0 Å². The third kappa shape index (κ3) is 1.18. The molecule has 1 heterocycles. The largest absolute Gasteiger partial charge is 0.311 e. The van der Waals surface area contributed by atoms with E-state index in [-0.39, 0.29) is 0 Å². The summed E-state index contributed by atoms with van der Waals surface area (Å²) < 4.78 is 0. The predicted molar refractivity (Wildman–Crippen MR) is 46.5 cm³/mol. The molecule has 1 aliphatic heterocycles. The van der Waals surface area contributed by atoms with E-state index >= 15 is 0 Å². The summed E-state index contributed by atoms with van der Waals surface area (Å²) in [6.07, 6.45) is 1.38. The van der Waals surface area contributed by atoms with Crippen LogP contribution in [0.5, 0.6) is 0 Å². The fourth-order valence-electron chi connectivity index (χ4n) is 2.72. The molecule has 0 bridgehead atoms. The molecule has 0 spiro atoms. The molecule has 0 radical (unpaired) electrons. The molecule has 1 aliphatic carbocycles. The van der Waals surface area contributed by atoms with Crippen LogP contribution in [0.2, 0.25) is 0 Å². The predicted octanol–water partition coefficient (Wildman–Crippen LogP) is 0.592. The number of piperazine rings is 1. The van der Waals surface area contributed by atoms with Gasteiger partial charge in [0.25, 0.3) is 0 Å². The molecular formula is C9H18N2. The van der Waals surface area contributed by atoms with Crippen molar-refractivity contribution in [1.82, 2.24) is 10.6 Å². The highest BCUT2D eigenvalue weighted by atomic mass is 15.1. The Morgan fingerprint density at radius 2 is 1.36 bits per heavy atom. The fourth-order valence-corrected chi connectivity index (χ4v) is 2.72. The number of hydrogen-bond donors (Lipinski definition) is 2. The van der Waals surface area contributed by atoms with Crippen molar-refractivity contribution in [2.24, 2.45) is 11.8 Å². The van der Waals surface area contributed by atoms with Crippen LogP contribution < -0.4 is 10.6 Å². The van der Waals surface area contributed by atoms with Gasteiger partial charge in [0.1, 0.15) is 0 Å². The maximum Gasteiger partial charge on any atom is 0.0250 e. The zero-order chi connectivity index (χ0) is 7.84. The molecule has 2 nitrogen and oxygen atoms in total. The maximum atomic E-state index is 3.60. The highest BCUT2D eigenvalue weighted by Gasteiger charge is 2.39. The summed E-state index contributed by atoms with van der Waals surface area (Å²) >= 11 is 0. The van der Waals surface area contributed by atoms with Gasteiger partial charge < -0.3 is 10.6 Å². The first-order chi connectivity index (χ1) is 5.29. The summed E-state index contributed by atoms with van der Waals surface area (Å²) in [6.45, 7) is 7.03. The lowest BCUT2D eigenvalue weighted by Crippen LogP contribution is -2.56. The zero-order valence-corrected chi connectivity index (χ0v) is 7.43. The van der Waals surface area contributed by atoms with E-state index in [1.54, 1.807) is 0 Å². The van der Waals surface area contributed by atoms with Gasteiger partial charge in [0.15, 0.2) is 0 Å². The molecule has 0 aromatic rings. The molecule has 0 aromatic heterocycles. The highest BCUT2D eigenvalue weighted by molar-refractivity contribution is 4.99. The third-order valence-electron chi connectivity index (χ3n) is 3.24. The van der Waals surface area contributed by atoms with Gasteiger partial charge >= 0.3 is 0 Å². The van der Waals surface area contributed by atoms with E-state index < -0.39 is 0 Å². The van der Waals surface area contributed by atoms with Crippen molar-refractivity contribution >= 4 is 0 Å². The van der Waals surface area contributed by atoms with Crippen LogP contribution in [0, 0.1) is 11.8 Å². The lowest BCUT2D eigenvalue weighted by atomic mass is 10.0. The quantitative estimate of drug-likeness (QED) is 0.533. The van der Waals surface area contributed by atoms with Gasteiger partial charge in [-0.15, -0.1) is 0 Å². The number of nitrogens with one attached hydrogen (secondary N) is 2. The molecule has 4 unspecified atom stereocenters. The maximum absolute atomic E-state index is 3.60. The van der Waals surface area contributed by atoms with Crippen LogP contribution >= 0.6 is 0 Å². The topological polar surface area (TPSA) is 24.1 Å². The molecule has 2 heteroatoms. The van der Waals surface area contributed by atoms with E-state index in [1.807, 2.05) is 0 Å². The molecule has 0 amide bonds. The van der Waals surface area contributed by atoms with Gasteiger partial charge in [-0.1, -0.05) is 13.8 Å². The molecule has 2 fully saturated rings. The van der Waals surface area contributed by atoms with E-state index in [4.69, 9.17) is 0 Å². The van der Waals surface area contributed by atoms with Gasteiger partial charge in [-0.25, -0.2) is 0 Å². The normalized spacial score (nSPS) is 50.7. The van der Waals surface area contributed by atoms with Gasteiger partial charge in [-0.05, 0) is 18.3 Å². The first kappa shape index (κ1) is 7.56. The Balaban J connectivity index is 2.07.